The number of nitrogens with two attached hydrogens (primary N) is 2. The Labute approximate surface area is 132 Å². The number of amides is 1. The fourth-order valence-corrected chi connectivity index (χ4v) is 3.27. The molecular formula is C15H10F3N3OS. The van der Waals surface area contributed by atoms with Crippen molar-refractivity contribution < 1.29 is 18.0 Å². The molecule has 0 spiro atoms. The summed E-state index contributed by atoms with van der Waals surface area (Å²) in [4.78, 5) is 15.1. The Morgan fingerprint density at radius 3 is 2.39 bits per heavy atom. The second kappa shape index (κ2) is 5.24. The lowest BCUT2D eigenvalue weighted by Gasteiger charge is -2.10. The number of nitrogens with zero attached hydrogens (tertiary/aromatic N) is 1. The molecule has 23 heavy (non-hydrogen) atoms. The van der Waals surface area contributed by atoms with E-state index in [1.807, 2.05) is 0 Å². The van der Waals surface area contributed by atoms with Crippen molar-refractivity contribution in [3.8, 4) is 11.1 Å². The van der Waals surface area contributed by atoms with E-state index in [0.717, 1.165) is 17.4 Å². The van der Waals surface area contributed by atoms with E-state index in [2.05, 4.69) is 4.98 Å². The second-order valence-corrected chi connectivity index (χ2v) is 5.81. The van der Waals surface area contributed by atoms with Gasteiger partial charge in [0.1, 0.15) is 15.4 Å². The number of hydrogen-bond acceptors (Lipinski definition) is 4. The number of nitrogen functional groups attached to an aromatic ring is 1. The number of carbonyl (C=O) groups excluding carboxylic acids is 1. The number of benzene rings is 1. The highest BCUT2D eigenvalue weighted by atomic mass is 32.1. The molecule has 0 radical (unpaired) electrons. The van der Waals surface area contributed by atoms with E-state index in [0.29, 0.717) is 10.9 Å². The van der Waals surface area contributed by atoms with Crippen LogP contribution in [0.3, 0.4) is 0 Å². The molecule has 3 aromatic rings. The molecule has 3 rings (SSSR count). The van der Waals surface area contributed by atoms with Crippen molar-refractivity contribution in [2.45, 2.75) is 6.18 Å². The van der Waals surface area contributed by atoms with Gasteiger partial charge in [-0.15, -0.1) is 11.3 Å². The van der Waals surface area contributed by atoms with Crippen molar-refractivity contribution in [1.82, 2.24) is 4.98 Å². The molecule has 118 valence electrons. The average Bonchev–Trinajstić information content (AvgIpc) is 2.84. The lowest BCUT2D eigenvalue weighted by molar-refractivity contribution is -0.140. The normalized spacial score (nSPS) is 11.8. The van der Waals surface area contributed by atoms with E-state index >= 15 is 0 Å². The van der Waals surface area contributed by atoms with E-state index < -0.39 is 17.8 Å². The molecule has 0 bridgehead atoms. The molecule has 4 nitrogen and oxygen atoms in total. The molecule has 2 aromatic heterocycles. The molecule has 1 amide bonds. The van der Waals surface area contributed by atoms with Gasteiger partial charge in [0, 0.05) is 5.39 Å². The first-order chi connectivity index (χ1) is 10.8. The number of aromatic nitrogens is 1. The first-order valence-electron chi connectivity index (χ1n) is 6.44. The fraction of sp³-hybridized carbons (Fsp3) is 0.0667. The van der Waals surface area contributed by atoms with Crippen LogP contribution < -0.4 is 11.5 Å². The van der Waals surface area contributed by atoms with Crippen LogP contribution in [-0.4, -0.2) is 10.9 Å². The number of primary amides is 1. The standard InChI is InChI=1S/C15H10F3N3OS/c16-15(17,18)9-6-8(7-4-2-1-3-5-7)10-11(19)12(13(20)22)23-14(10)21-9/h1-6H,19H2,(H2,20,22). The Morgan fingerprint density at radius 2 is 1.83 bits per heavy atom. The van der Waals surface area contributed by atoms with Gasteiger partial charge in [0.25, 0.3) is 5.91 Å². The summed E-state index contributed by atoms with van der Waals surface area (Å²) in [5.41, 5.74) is 11.0. The van der Waals surface area contributed by atoms with Crippen LogP contribution in [0, 0.1) is 0 Å². The highest BCUT2D eigenvalue weighted by molar-refractivity contribution is 7.21. The third kappa shape index (κ3) is 2.61. The average molecular weight is 337 g/mol. The number of fused-ring (bicyclic) bond motifs is 1. The minimum atomic E-state index is -4.61. The number of hydrogen-bond donors (Lipinski definition) is 2. The largest absolute Gasteiger partial charge is 0.433 e. The minimum absolute atomic E-state index is 0.00371. The topological polar surface area (TPSA) is 82.0 Å². The summed E-state index contributed by atoms with van der Waals surface area (Å²) in [6.45, 7) is 0. The number of carbonyl (C=O) groups is 1. The summed E-state index contributed by atoms with van der Waals surface area (Å²) in [5, 5.41) is 0.308. The van der Waals surface area contributed by atoms with Crippen LogP contribution in [0.5, 0.6) is 0 Å². The van der Waals surface area contributed by atoms with E-state index in [4.69, 9.17) is 11.5 Å². The highest BCUT2D eigenvalue weighted by Crippen LogP contribution is 2.42. The lowest BCUT2D eigenvalue weighted by atomic mass is 10.0. The molecule has 8 heteroatoms. The molecular weight excluding hydrogens is 327 g/mol. The maximum atomic E-state index is 13.1. The zero-order valence-electron chi connectivity index (χ0n) is 11.5. The van der Waals surface area contributed by atoms with Crippen LogP contribution in [0.25, 0.3) is 21.3 Å². The Morgan fingerprint density at radius 1 is 1.17 bits per heavy atom. The number of halogens is 3. The Balaban J connectivity index is 2.41. The zero-order valence-corrected chi connectivity index (χ0v) is 12.3. The van der Waals surface area contributed by atoms with Crippen LogP contribution in [0.4, 0.5) is 18.9 Å². The van der Waals surface area contributed by atoms with Crippen LogP contribution in [-0.2, 0) is 6.18 Å². The van der Waals surface area contributed by atoms with Crippen molar-refractivity contribution in [2.75, 3.05) is 5.73 Å². The van der Waals surface area contributed by atoms with Gasteiger partial charge in [0.2, 0.25) is 0 Å². The number of rotatable bonds is 2. The predicted molar refractivity (Wildman–Crippen MR) is 83.0 cm³/mol. The SMILES string of the molecule is NC(=O)c1sc2nc(C(F)(F)F)cc(-c3ccccc3)c2c1N. The lowest BCUT2D eigenvalue weighted by Crippen LogP contribution is -2.10. The smallest absolute Gasteiger partial charge is 0.397 e. The van der Waals surface area contributed by atoms with Gasteiger partial charge in [-0.3, -0.25) is 4.79 Å². The van der Waals surface area contributed by atoms with Gasteiger partial charge in [-0.2, -0.15) is 13.2 Å². The highest BCUT2D eigenvalue weighted by Gasteiger charge is 2.34. The summed E-state index contributed by atoms with van der Waals surface area (Å²) in [6.07, 6.45) is -4.61. The molecule has 1 aromatic carbocycles. The monoisotopic (exact) mass is 337 g/mol. The zero-order chi connectivity index (χ0) is 16.8. The Kier molecular flexibility index (Phi) is 3.48. The summed E-state index contributed by atoms with van der Waals surface area (Å²) in [6, 6.07) is 9.41. The molecule has 0 aliphatic carbocycles. The minimum Gasteiger partial charge on any atom is -0.397 e. The van der Waals surface area contributed by atoms with Crippen molar-refractivity contribution in [1.29, 1.82) is 0 Å². The molecule has 2 heterocycles. The van der Waals surface area contributed by atoms with Gasteiger partial charge >= 0.3 is 6.18 Å². The van der Waals surface area contributed by atoms with Crippen LogP contribution >= 0.6 is 11.3 Å². The van der Waals surface area contributed by atoms with Gasteiger partial charge in [-0.05, 0) is 17.2 Å². The molecule has 0 fully saturated rings. The summed E-state index contributed by atoms with van der Waals surface area (Å²) >= 11 is 0.760. The molecule has 0 unspecified atom stereocenters. The van der Waals surface area contributed by atoms with E-state index in [-0.39, 0.29) is 21.0 Å². The fourth-order valence-electron chi connectivity index (χ4n) is 2.29. The van der Waals surface area contributed by atoms with Crippen molar-refractivity contribution in [3.63, 3.8) is 0 Å². The van der Waals surface area contributed by atoms with E-state index in [9.17, 15) is 18.0 Å². The van der Waals surface area contributed by atoms with E-state index in [1.165, 1.54) is 0 Å². The molecule has 0 saturated heterocycles. The first kappa shape index (κ1) is 15.3. The first-order valence-corrected chi connectivity index (χ1v) is 7.26. The molecule has 0 aliphatic rings. The van der Waals surface area contributed by atoms with Crippen molar-refractivity contribution >= 4 is 33.1 Å². The van der Waals surface area contributed by atoms with Crippen LogP contribution in [0.2, 0.25) is 0 Å². The molecule has 0 aliphatic heterocycles. The quantitative estimate of drug-likeness (QED) is 0.748. The van der Waals surface area contributed by atoms with Gasteiger partial charge in [-0.1, -0.05) is 30.3 Å². The van der Waals surface area contributed by atoms with Crippen LogP contribution in [0.15, 0.2) is 36.4 Å². The maximum absolute atomic E-state index is 13.1. The molecule has 0 atom stereocenters. The van der Waals surface area contributed by atoms with E-state index in [1.54, 1.807) is 30.3 Å². The summed E-state index contributed by atoms with van der Waals surface area (Å²) in [7, 11) is 0. The number of thiophene rings is 1. The number of pyridine rings is 1. The predicted octanol–water partition coefficient (Wildman–Crippen LogP) is 3.66. The maximum Gasteiger partial charge on any atom is 0.433 e. The number of alkyl halides is 3. The third-order valence-corrected chi connectivity index (χ3v) is 4.41. The van der Waals surface area contributed by atoms with Gasteiger partial charge in [-0.25, -0.2) is 4.98 Å². The summed E-state index contributed by atoms with van der Waals surface area (Å²) in [5.74, 6) is -0.793. The summed E-state index contributed by atoms with van der Waals surface area (Å²) < 4.78 is 39.3. The Bertz CT molecular complexity index is 904. The molecule has 4 N–H and O–H groups in total. The second-order valence-electron chi connectivity index (χ2n) is 4.81. The molecule has 0 saturated carbocycles. The number of anilines is 1. The van der Waals surface area contributed by atoms with Crippen LogP contribution in [0.1, 0.15) is 15.4 Å². The third-order valence-electron chi connectivity index (χ3n) is 3.30. The van der Waals surface area contributed by atoms with Gasteiger partial charge in [0.05, 0.1) is 5.69 Å². The van der Waals surface area contributed by atoms with Gasteiger partial charge in [0.15, 0.2) is 0 Å². The van der Waals surface area contributed by atoms with Crippen molar-refractivity contribution in [3.05, 3.63) is 47.0 Å². The van der Waals surface area contributed by atoms with Crippen molar-refractivity contribution in [2.24, 2.45) is 5.73 Å². The van der Waals surface area contributed by atoms with Gasteiger partial charge < -0.3 is 11.5 Å². The Hall–Kier alpha value is -2.61.